The largest absolute Gasteiger partial charge is 0.340 e. The lowest BCUT2D eigenvalue weighted by Gasteiger charge is -2.20. The number of amides is 1. The molecule has 0 aliphatic carbocycles. The fourth-order valence-electron chi connectivity index (χ4n) is 1.39. The first-order chi connectivity index (χ1) is 8.32. The molecular weight excluding hydrogens is 306 g/mol. The van der Waals surface area contributed by atoms with Gasteiger partial charge in [0.15, 0.2) is 0 Å². The van der Waals surface area contributed by atoms with Crippen LogP contribution in [0.15, 0.2) is 16.6 Å². The Hall–Kier alpha value is -1.01. The van der Waals surface area contributed by atoms with Gasteiger partial charge in [-0.15, -0.1) is 0 Å². The summed E-state index contributed by atoms with van der Waals surface area (Å²) in [6.45, 7) is 1.03. The van der Waals surface area contributed by atoms with Crippen LogP contribution in [-0.2, 0) is 0 Å². The highest BCUT2D eigenvalue weighted by Gasteiger charge is 2.21. The molecule has 1 rings (SSSR count). The summed E-state index contributed by atoms with van der Waals surface area (Å²) in [5.41, 5.74) is -0.514. The van der Waals surface area contributed by atoms with Crippen molar-refractivity contribution in [3.05, 3.63) is 33.8 Å². The van der Waals surface area contributed by atoms with Gasteiger partial charge in [-0.05, 0) is 26.2 Å². The second kappa shape index (κ2) is 6.24. The average Bonchev–Trinajstić information content (AvgIpc) is 2.24. The van der Waals surface area contributed by atoms with Gasteiger partial charge in [-0.25, -0.2) is 8.78 Å². The predicted octanol–water partition coefficient (Wildman–Crippen LogP) is 2.36. The number of carbonyl (C=O) groups is 1. The Morgan fingerprint density at radius 2 is 1.67 bits per heavy atom. The van der Waals surface area contributed by atoms with Crippen LogP contribution in [0, 0.1) is 11.6 Å². The van der Waals surface area contributed by atoms with E-state index >= 15 is 0 Å². The average molecular weight is 321 g/mol. The Morgan fingerprint density at radius 3 is 2.11 bits per heavy atom. The Labute approximate surface area is 114 Å². The van der Waals surface area contributed by atoms with Crippen molar-refractivity contribution in [3.63, 3.8) is 0 Å². The van der Waals surface area contributed by atoms with Gasteiger partial charge in [0.25, 0.3) is 5.91 Å². The fraction of sp³-hybridized carbons (Fsp3) is 0.417. The molecule has 0 saturated carbocycles. The Bertz CT molecular complexity index is 429. The Balaban J connectivity index is 2.90. The fourth-order valence-corrected chi connectivity index (χ4v) is 1.79. The van der Waals surface area contributed by atoms with E-state index in [1.165, 1.54) is 11.9 Å². The van der Waals surface area contributed by atoms with Crippen molar-refractivity contribution in [2.75, 3.05) is 34.2 Å². The van der Waals surface area contributed by atoms with Crippen LogP contribution in [0.1, 0.15) is 10.4 Å². The molecule has 0 aromatic heterocycles. The third-order valence-electron chi connectivity index (χ3n) is 2.45. The van der Waals surface area contributed by atoms with Crippen molar-refractivity contribution in [1.82, 2.24) is 9.80 Å². The molecule has 0 atom stereocenters. The number of benzene rings is 1. The van der Waals surface area contributed by atoms with E-state index in [2.05, 4.69) is 15.9 Å². The molecule has 3 nitrogen and oxygen atoms in total. The molecule has 0 radical (unpaired) electrons. The Kier molecular flexibility index (Phi) is 5.22. The normalized spacial score (nSPS) is 10.8. The molecule has 6 heteroatoms. The lowest BCUT2D eigenvalue weighted by atomic mass is 10.1. The maximum atomic E-state index is 13.6. The molecule has 0 fully saturated rings. The lowest BCUT2D eigenvalue weighted by molar-refractivity contribution is 0.0776. The highest BCUT2D eigenvalue weighted by molar-refractivity contribution is 9.10. The van der Waals surface area contributed by atoms with E-state index in [4.69, 9.17) is 0 Å². The number of halogens is 3. The topological polar surface area (TPSA) is 23.6 Å². The quantitative estimate of drug-likeness (QED) is 0.850. The van der Waals surface area contributed by atoms with Crippen molar-refractivity contribution in [2.45, 2.75) is 0 Å². The Morgan fingerprint density at radius 1 is 1.17 bits per heavy atom. The van der Waals surface area contributed by atoms with Gasteiger partial charge in [0, 0.05) is 24.6 Å². The van der Waals surface area contributed by atoms with Crippen molar-refractivity contribution >= 4 is 21.8 Å². The summed E-state index contributed by atoms with van der Waals surface area (Å²) in [5, 5.41) is 0. The maximum Gasteiger partial charge on any atom is 0.259 e. The molecular formula is C12H15BrF2N2O. The van der Waals surface area contributed by atoms with Gasteiger partial charge in [0.2, 0.25) is 0 Å². The van der Waals surface area contributed by atoms with Gasteiger partial charge in [-0.3, -0.25) is 4.79 Å². The van der Waals surface area contributed by atoms with Crippen LogP contribution in [0.3, 0.4) is 0 Å². The van der Waals surface area contributed by atoms with E-state index in [0.717, 1.165) is 12.1 Å². The predicted molar refractivity (Wildman–Crippen MR) is 69.6 cm³/mol. The van der Waals surface area contributed by atoms with Gasteiger partial charge in [-0.2, -0.15) is 0 Å². The van der Waals surface area contributed by atoms with Crippen LogP contribution < -0.4 is 0 Å². The molecule has 1 aromatic carbocycles. The van der Waals surface area contributed by atoms with E-state index < -0.39 is 23.1 Å². The zero-order valence-electron chi connectivity index (χ0n) is 10.5. The molecule has 0 unspecified atom stereocenters. The second-order valence-corrected chi connectivity index (χ2v) is 5.19. The van der Waals surface area contributed by atoms with Gasteiger partial charge in [0.05, 0.1) is 0 Å². The number of nitrogens with zero attached hydrogens (tertiary/aromatic N) is 2. The third-order valence-corrected chi connectivity index (χ3v) is 2.91. The van der Waals surface area contributed by atoms with Crippen molar-refractivity contribution in [2.24, 2.45) is 0 Å². The zero-order valence-corrected chi connectivity index (χ0v) is 12.1. The maximum absolute atomic E-state index is 13.6. The van der Waals surface area contributed by atoms with E-state index in [9.17, 15) is 13.6 Å². The lowest BCUT2D eigenvalue weighted by Crippen LogP contribution is -2.34. The first-order valence-corrected chi connectivity index (χ1v) is 6.17. The summed E-state index contributed by atoms with van der Waals surface area (Å²) < 4.78 is 27.5. The molecule has 0 heterocycles. The molecule has 18 heavy (non-hydrogen) atoms. The summed E-state index contributed by atoms with van der Waals surface area (Å²) >= 11 is 2.97. The number of hydrogen-bond donors (Lipinski definition) is 0. The highest BCUT2D eigenvalue weighted by Crippen LogP contribution is 2.20. The van der Waals surface area contributed by atoms with Crippen LogP contribution in [0.4, 0.5) is 8.78 Å². The second-order valence-electron chi connectivity index (χ2n) is 4.27. The van der Waals surface area contributed by atoms with Gasteiger partial charge in [0.1, 0.15) is 17.2 Å². The van der Waals surface area contributed by atoms with Crippen molar-refractivity contribution < 1.29 is 13.6 Å². The van der Waals surface area contributed by atoms with Crippen molar-refractivity contribution in [1.29, 1.82) is 0 Å². The van der Waals surface area contributed by atoms with Crippen LogP contribution in [0.25, 0.3) is 0 Å². The molecule has 1 aromatic rings. The van der Waals surface area contributed by atoms with Crippen LogP contribution >= 0.6 is 15.9 Å². The number of likely N-dealkylation sites (N-methyl/N-ethyl adjacent to an activating group) is 2. The number of rotatable bonds is 4. The molecule has 0 bridgehead atoms. The van der Waals surface area contributed by atoms with Gasteiger partial charge in [-0.1, -0.05) is 15.9 Å². The highest BCUT2D eigenvalue weighted by atomic mass is 79.9. The van der Waals surface area contributed by atoms with Crippen LogP contribution in [0.2, 0.25) is 0 Å². The van der Waals surface area contributed by atoms with E-state index in [1.807, 2.05) is 19.0 Å². The van der Waals surface area contributed by atoms with E-state index in [-0.39, 0.29) is 4.47 Å². The first-order valence-electron chi connectivity index (χ1n) is 5.37. The number of carbonyl (C=O) groups excluding carboxylic acids is 1. The summed E-state index contributed by atoms with van der Waals surface area (Å²) in [6, 6.07) is 2.16. The molecule has 0 saturated heterocycles. The smallest absolute Gasteiger partial charge is 0.259 e. The molecule has 100 valence electrons. The first kappa shape index (κ1) is 15.0. The molecule has 1 amide bonds. The minimum absolute atomic E-state index is 0.269. The number of hydrogen-bond acceptors (Lipinski definition) is 2. The summed E-state index contributed by atoms with van der Waals surface area (Å²) in [7, 11) is 5.24. The van der Waals surface area contributed by atoms with Crippen LogP contribution in [-0.4, -0.2) is 49.9 Å². The monoisotopic (exact) mass is 320 g/mol. The van der Waals surface area contributed by atoms with Crippen LogP contribution in [0.5, 0.6) is 0 Å². The summed E-state index contributed by atoms with van der Waals surface area (Å²) in [4.78, 5) is 15.1. The van der Waals surface area contributed by atoms with Crippen molar-refractivity contribution in [3.8, 4) is 0 Å². The zero-order chi connectivity index (χ0) is 13.9. The molecule has 0 spiro atoms. The summed E-state index contributed by atoms with van der Waals surface area (Å²) in [5.74, 6) is -2.37. The summed E-state index contributed by atoms with van der Waals surface area (Å²) in [6.07, 6.45) is 0. The SMILES string of the molecule is CN(C)CCN(C)C(=O)c1c(F)cc(Br)cc1F. The minimum Gasteiger partial charge on any atom is -0.340 e. The third kappa shape index (κ3) is 3.74. The standard InChI is InChI=1S/C12H15BrF2N2O/c1-16(2)4-5-17(3)12(18)11-9(14)6-8(13)7-10(11)15/h6-7H,4-5H2,1-3H3. The van der Waals surface area contributed by atoms with E-state index in [0.29, 0.717) is 13.1 Å². The molecule has 0 aliphatic rings. The van der Waals surface area contributed by atoms with E-state index in [1.54, 1.807) is 0 Å². The molecule has 0 aliphatic heterocycles. The minimum atomic E-state index is -0.858. The van der Waals surface area contributed by atoms with Gasteiger partial charge < -0.3 is 9.80 Å². The molecule has 0 N–H and O–H groups in total. The van der Waals surface area contributed by atoms with Gasteiger partial charge >= 0.3 is 0 Å².